The van der Waals surface area contributed by atoms with Gasteiger partial charge in [0.25, 0.3) is 0 Å². The Kier molecular flexibility index (Phi) is 2.15. The Bertz CT molecular complexity index is 531. The maximum Gasteiger partial charge on any atom is 0.336 e. The van der Waals surface area contributed by atoms with Crippen LogP contribution in [0.4, 0.5) is 0 Å². The Morgan fingerprint density at radius 3 is 2.93 bits per heavy atom. The molecule has 0 aromatic carbocycles. The summed E-state index contributed by atoms with van der Waals surface area (Å²) in [4.78, 5) is 15.2. The molecule has 0 fully saturated rings. The van der Waals surface area contributed by atoms with E-state index in [0.29, 0.717) is 17.5 Å². The van der Waals surface area contributed by atoms with Crippen LogP contribution >= 0.6 is 0 Å². The number of pyridine rings is 1. The Morgan fingerprint density at radius 2 is 2.33 bits per heavy atom. The largest absolute Gasteiger partial charge is 0.478 e. The fourth-order valence-electron chi connectivity index (χ4n) is 1.68. The average Bonchev–Trinajstić information content (AvgIpc) is 2.55. The predicted octanol–water partition coefficient (Wildman–Crippen LogP) is 1.23. The van der Waals surface area contributed by atoms with Gasteiger partial charge in [-0.1, -0.05) is 6.92 Å². The van der Waals surface area contributed by atoms with Gasteiger partial charge in [-0.3, -0.25) is 4.68 Å². The number of fused-ring (bicyclic) bond motifs is 1. The lowest BCUT2D eigenvalue weighted by Crippen LogP contribution is -1.99. The summed E-state index contributed by atoms with van der Waals surface area (Å²) >= 11 is 0. The minimum absolute atomic E-state index is 0.268. The van der Waals surface area contributed by atoms with E-state index in [2.05, 4.69) is 10.1 Å². The van der Waals surface area contributed by atoms with Gasteiger partial charge in [0.1, 0.15) is 0 Å². The van der Waals surface area contributed by atoms with Gasteiger partial charge in [-0.05, 0) is 12.5 Å². The summed E-state index contributed by atoms with van der Waals surface area (Å²) in [7, 11) is 1.76. The number of aryl methyl sites for hydroxylation is 2. The van der Waals surface area contributed by atoms with Crippen LogP contribution in [0.1, 0.15) is 23.0 Å². The smallest absolute Gasteiger partial charge is 0.336 e. The zero-order valence-corrected chi connectivity index (χ0v) is 8.56. The molecule has 78 valence electrons. The first kappa shape index (κ1) is 9.64. The van der Waals surface area contributed by atoms with Crippen molar-refractivity contribution in [3.05, 3.63) is 23.5 Å². The van der Waals surface area contributed by atoms with Crippen molar-refractivity contribution in [1.82, 2.24) is 14.8 Å². The number of carbonyl (C=O) groups is 1. The van der Waals surface area contributed by atoms with Gasteiger partial charge >= 0.3 is 5.97 Å². The SMILES string of the molecule is CCc1nn(C)c2nccc(C(=O)O)c12. The Balaban J connectivity index is 2.88. The Morgan fingerprint density at radius 1 is 1.60 bits per heavy atom. The number of aromatic nitrogens is 3. The summed E-state index contributed by atoms with van der Waals surface area (Å²) in [6.45, 7) is 1.94. The molecular formula is C10H11N3O2. The molecule has 5 heteroatoms. The zero-order chi connectivity index (χ0) is 11.0. The second-order valence-corrected chi connectivity index (χ2v) is 3.29. The molecule has 0 radical (unpaired) electrons. The van der Waals surface area contributed by atoms with Crippen molar-refractivity contribution in [2.75, 3.05) is 0 Å². The van der Waals surface area contributed by atoms with Gasteiger partial charge in [0.15, 0.2) is 5.65 Å². The van der Waals surface area contributed by atoms with Crippen molar-refractivity contribution in [3.63, 3.8) is 0 Å². The van der Waals surface area contributed by atoms with Gasteiger partial charge in [-0.15, -0.1) is 0 Å². The van der Waals surface area contributed by atoms with Crippen LogP contribution in [0.15, 0.2) is 12.3 Å². The third-order valence-corrected chi connectivity index (χ3v) is 2.36. The molecule has 2 aromatic heterocycles. The van der Waals surface area contributed by atoms with Crippen LogP contribution in [0.3, 0.4) is 0 Å². The normalized spacial score (nSPS) is 10.8. The molecule has 2 rings (SSSR count). The van der Waals surface area contributed by atoms with Crippen molar-refractivity contribution in [2.45, 2.75) is 13.3 Å². The summed E-state index contributed by atoms with van der Waals surface area (Å²) in [6, 6.07) is 1.51. The molecule has 0 saturated carbocycles. The van der Waals surface area contributed by atoms with Crippen LogP contribution in [0.25, 0.3) is 11.0 Å². The fraction of sp³-hybridized carbons (Fsp3) is 0.300. The van der Waals surface area contributed by atoms with Gasteiger partial charge in [0.05, 0.1) is 16.6 Å². The molecule has 15 heavy (non-hydrogen) atoms. The number of rotatable bonds is 2. The van der Waals surface area contributed by atoms with E-state index in [9.17, 15) is 4.79 Å². The first-order chi connectivity index (χ1) is 7.15. The van der Waals surface area contributed by atoms with Crippen molar-refractivity contribution in [3.8, 4) is 0 Å². The van der Waals surface area contributed by atoms with E-state index in [1.807, 2.05) is 6.92 Å². The number of hydrogen-bond acceptors (Lipinski definition) is 3. The molecule has 0 spiro atoms. The van der Waals surface area contributed by atoms with E-state index in [-0.39, 0.29) is 5.56 Å². The second kappa shape index (κ2) is 3.34. The molecule has 0 aliphatic heterocycles. The summed E-state index contributed by atoms with van der Waals surface area (Å²) < 4.78 is 1.61. The number of nitrogens with zero attached hydrogens (tertiary/aromatic N) is 3. The standard InChI is InChI=1S/C10H11N3O2/c1-3-7-8-6(10(14)15)4-5-11-9(8)13(2)12-7/h4-5H,3H2,1-2H3,(H,14,15). The van der Waals surface area contributed by atoms with E-state index in [0.717, 1.165) is 5.69 Å². The molecule has 2 heterocycles. The van der Waals surface area contributed by atoms with Gasteiger partial charge in [-0.2, -0.15) is 5.10 Å². The van der Waals surface area contributed by atoms with Gasteiger partial charge in [0, 0.05) is 13.2 Å². The molecular weight excluding hydrogens is 194 g/mol. The highest BCUT2D eigenvalue weighted by Gasteiger charge is 2.16. The van der Waals surface area contributed by atoms with Crippen LogP contribution in [-0.4, -0.2) is 25.8 Å². The van der Waals surface area contributed by atoms with Crippen LogP contribution in [0, 0.1) is 0 Å². The molecule has 0 bridgehead atoms. The van der Waals surface area contributed by atoms with Crippen LogP contribution < -0.4 is 0 Å². The second-order valence-electron chi connectivity index (χ2n) is 3.29. The molecule has 5 nitrogen and oxygen atoms in total. The summed E-state index contributed by atoms with van der Waals surface area (Å²) in [5.74, 6) is -0.940. The lowest BCUT2D eigenvalue weighted by molar-refractivity contribution is 0.0699. The molecule has 0 amide bonds. The molecule has 1 N–H and O–H groups in total. The molecule has 0 aliphatic carbocycles. The van der Waals surface area contributed by atoms with Gasteiger partial charge in [-0.25, -0.2) is 9.78 Å². The van der Waals surface area contributed by atoms with Gasteiger partial charge in [0.2, 0.25) is 0 Å². The minimum Gasteiger partial charge on any atom is -0.478 e. The van der Waals surface area contributed by atoms with E-state index in [4.69, 9.17) is 5.11 Å². The summed E-state index contributed by atoms with van der Waals surface area (Å²) in [5.41, 5.74) is 1.66. The Hall–Kier alpha value is -1.91. The van der Waals surface area contributed by atoms with E-state index >= 15 is 0 Å². The average molecular weight is 205 g/mol. The third kappa shape index (κ3) is 1.36. The van der Waals surface area contributed by atoms with Crippen LogP contribution in [0.5, 0.6) is 0 Å². The number of carboxylic acids is 1. The fourth-order valence-corrected chi connectivity index (χ4v) is 1.68. The van der Waals surface area contributed by atoms with Gasteiger partial charge < -0.3 is 5.11 Å². The highest BCUT2D eigenvalue weighted by atomic mass is 16.4. The monoisotopic (exact) mass is 205 g/mol. The topological polar surface area (TPSA) is 68.0 Å². The molecule has 0 saturated heterocycles. The van der Waals surface area contributed by atoms with Crippen molar-refractivity contribution in [1.29, 1.82) is 0 Å². The first-order valence-corrected chi connectivity index (χ1v) is 4.69. The molecule has 0 unspecified atom stereocenters. The number of aromatic carboxylic acids is 1. The zero-order valence-electron chi connectivity index (χ0n) is 8.56. The summed E-state index contributed by atoms with van der Waals surface area (Å²) in [6.07, 6.45) is 2.19. The third-order valence-electron chi connectivity index (χ3n) is 2.36. The molecule has 2 aromatic rings. The molecule has 0 atom stereocenters. The minimum atomic E-state index is -0.940. The maximum absolute atomic E-state index is 11.0. The van der Waals surface area contributed by atoms with E-state index in [1.165, 1.54) is 12.3 Å². The summed E-state index contributed by atoms with van der Waals surface area (Å²) in [5, 5.41) is 13.9. The van der Waals surface area contributed by atoms with E-state index < -0.39 is 5.97 Å². The predicted molar refractivity (Wildman–Crippen MR) is 54.8 cm³/mol. The maximum atomic E-state index is 11.0. The highest BCUT2D eigenvalue weighted by Crippen LogP contribution is 2.20. The molecule has 0 aliphatic rings. The highest BCUT2D eigenvalue weighted by molar-refractivity contribution is 6.02. The van der Waals surface area contributed by atoms with Crippen LogP contribution in [0.2, 0.25) is 0 Å². The number of carboxylic acid groups (broad SMARTS) is 1. The lowest BCUT2D eigenvalue weighted by atomic mass is 10.1. The van der Waals surface area contributed by atoms with Crippen LogP contribution in [-0.2, 0) is 13.5 Å². The lowest BCUT2D eigenvalue weighted by Gasteiger charge is -1.97. The van der Waals surface area contributed by atoms with Crippen molar-refractivity contribution >= 4 is 17.0 Å². The quantitative estimate of drug-likeness (QED) is 0.800. The van der Waals surface area contributed by atoms with E-state index in [1.54, 1.807) is 11.7 Å². The van der Waals surface area contributed by atoms with Crippen molar-refractivity contribution < 1.29 is 9.90 Å². The first-order valence-electron chi connectivity index (χ1n) is 4.69. The van der Waals surface area contributed by atoms with Crippen molar-refractivity contribution in [2.24, 2.45) is 7.05 Å². The number of hydrogen-bond donors (Lipinski definition) is 1. The Labute approximate surface area is 86.4 Å².